The van der Waals surface area contributed by atoms with E-state index in [1.54, 1.807) is 12.1 Å². The summed E-state index contributed by atoms with van der Waals surface area (Å²) in [5.41, 5.74) is 12.5. The minimum absolute atomic E-state index is 0.277. The fourth-order valence-corrected chi connectivity index (χ4v) is 1.45. The molecule has 0 heterocycles. The van der Waals surface area contributed by atoms with Gasteiger partial charge in [-0.1, -0.05) is 12.1 Å². The highest BCUT2D eigenvalue weighted by molar-refractivity contribution is 5.82. The number of likely N-dealkylation sites (N-methyl/N-ethyl adjacent to an activating group) is 1. The minimum atomic E-state index is -0.312. The van der Waals surface area contributed by atoms with E-state index in [2.05, 4.69) is 0 Å². The highest BCUT2D eigenvalue weighted by atomic mass is 16.1. The monoisotopic (exact) mass is 207 g/mol. The second kappa shape index (κ2) is 4.79. The van der Waals surface area contributed by atoms with Gasteiger partial charge in [0.15, 0.2) is 0 Å². The van der Waals surface area contributed by atoms with Gasteiger partial charge in [-0.3, -0.25) is 4.79 Å². The summed E-state index contributed by atoms with van der Waals surface area (Å²) in [5, 5.41) is 0. The molecule has 1 atom stereocenters. The molecule has 0 spiro atoms. The molecule has 0 aliphatic heterocycles. The van der Waals surface area contributed by atoms with E-state index in [9.17, 15) is 4.79 Å². The maximum atomic E-state index is 11.3. The van der Waals surface area contributed by atoms with Crippen molar-refractivity contribution in [3.05, 3.63) is 29.8 Å². The van der Waals surface area contributed by atoms with E-state index >= 15 is 0 Å². The quantitative estimate of drug-likeness (QED) is 0.702. The third-order valence-corrected chi connectivity index (χ3v) is 2.23. The molecule has 1 aromatic rings. The van der Waals surface area contributed by atoms with Gasteiger partial charge in [0.2, 0.25) is 5.91 Å². The van der Waals surface area contributed by atoms with Gasteiger partial charge in [-0.2, -0.15) is 0 Å². The molecule has 0 saturated heterocycles. The van der Waals surface area contributed by atoms with Crippen LogP contribution in [-0.4, -0.2) is 31.4 Å². The molecule has 1 aromatic carbocycles. The van der Waals surface area contributed by atoms with Crippen LogP contribution in [0.15, 0.2) is 24.3 Å². The van der Waals surface area contributed by atoms with Crippen molar-refractivity contribution >= 4 is 11.6 Å². The molecule has 1 unspecified atom stereocenters. The van der Waals surface area contributed by atoms with Gasteiger partial charge in [-0.05, 0) is 31.8 Å². The lowest BCUT2D eigenvalue weighted by molar-refractivity contribution is -0.119. The molecule has 0 saturated carbocycles. The molecule has 1 rings (SSSR count). The Morgan fingerprint density at radius 3 is 2.27 bits per heavy atom. The number of benzene rings is 1. The van der Waals surface area contributed by atoms with Gasteiger partial charge in [0.05, 0.1) is 5.92 Å². The number of nitrogens with zero attached hydrogens (tertiary/aromatic N) is 1. The van der Waals surface area contributed by atoms with E-state index < -0.39 is 0 Å². The lowest BCUT2D eigenvalue weighted by Gasteiger charge is -2.18. The number of nitrogen functional groups attached to an aromatic ring is 1. The largest absolute Gasteiger partial charge is 0.399 e. The molecule has 0 radical (unpaired) electrons. The van der Waals surface area contributed by atoms with E-state index in [0.717, 1.165) is 5.56 Å². The van der Waals surface area contributed by atoms with Crippen molar-refractivity contribution < 1.29 is 4.79 Å². The Hall–Kier alpha value is -1.55. The van der Waals surface area contributed by atoms with Crippen molar-refractivity contribution in [2.75, 3.05) is 26.4 Å². The van der Waals surface area contributed by atoms with Gasteiger partial charge in [-0.15, -0.1) is 0 Å². The van der Waals surface area contributed by atoms with Crippen LogP contribution in [0.4, 0.5) is 5.69 Å². The number of carbonyl (C=O) groups is 1. The number of primary amides is 1. The number of hydrogen-bond donors (Lipinski definition) is 2. The van der Waals surface area contributed by atoms with E-state index in [-0.39, 0.29) is 11.8 Å². The molecule has 4 heteroatoms. The molecule has 0 fully saturated rings. The molecule has 15 heavy (non-hydrogen) atoms. The second-order valence-electron chi connectivity index (χ2n) is 3.88. The average Bonchev–Trinajstić information content (AvgIpc) is 2.15. The molecule has 4 nitrogen and oxygen atoms in total. The van der Waals surface area contributed by atoms with Gasteiger partial charge in [0, 0.05) is 12.2 Å². The van der Waals surface area contributed by atoms with Crippen LogP contribution in [0.25, 0.3) is 0 Å². The highest BCUT2D eigenvalue weighted by Crippen LogP contribution is 2.17. The lowest BCUT2D eigenvalue weighted by atomic mass is 9.98. The standard InChI is InChI=1S/C11H17N3O/c1-14(2)7-10(11(13)15)8-3-5-9(12)6-4-8/h3-6,10H,7,12H2,1-2H3,(H2,13,15). The smallest absolute Gasteiger partial charge is 0.226 e. The Labute approximate surface area is 89.9 Å². The van der Waals surface area contributed by atoms with Crippen molar-refractivity contribution in [3.63, 3.8) is 0 Å². The van der Waals surface area contributed by atoms with E-state index in [4.69, 9.17) is 11.5 Å². The summed E-state index contributed by atoms with van der Waals surface area (Å²) in [6.45, 7) is 0.610. The van der Waals surface area contributed by atoms with Crippen molar-refractivity contribution in [1.29, 1.82) is 0 Å². The van der Waals surface area contributed by atoms with E-state index in [1.165, 1.54) is 0 Å². The van der Waals surface area contributed by atoms with Gasteiger partial charge >= 0.3 is 0 Å². The molecule has 0 aliphatic rings. The number of carbonyl (C=O) groups excluding carboxylic acids is 1. The number of hydrogen-bond acceptors (Lipinski definition) is 3. The summed E-state index contributed by atoms with van der Waals surface area (Å²) in [6, 6.07) is 7.24. The molecule has 82 valence electrons. The first-order valence-electron chi connectivity index (χ1n) is 4.80. The maximum Gasteiger partial charge on any atom is 0.226 e. The zero-order valence-corrected chi connectivity index (χ0v) is 9.10. The fraction of sp³-hybridized carbons (Fsp3) is 0.364. The fourth-order valence-electron chi connectivity index (χ4n) is 1.45. The van der Waals surface area contributed by atoms with Crippen LogP contribution < -0.4 is 11.5 Å². The molecule has 4 N–H and O–H groups in total. The average molecular weight is 207 g/mol. The summed E-state index contributed by atoms with van der Waals surface area (Å²) < 4.78 is 0. The van der Waals surface area contributed by atoms with Crippen LogP contribution in [0.5, 0.6) is 0 Å². The Balaban J connectivity index is 2.89. The Morgan fingerprint density at radius 2 is 1.87 bits per heavy atom. The number of anilines is 1. The van der Waals surface area contributed by atoms with Crippen LogP contribution >= 0.6 is 0 Å². The van der Waals surface area contributed by atoms with E-state index in [1.807, 2.05) is 31.1 Å². The minimum Gasteiger partial charge on any atom is -0.399 e. The zero-order chi connectivity index (χ0) is 11.4. The first-order valence-corrected chi connectivity index (χ1v) is 4.80. The van der Waals surface area contributed by atoms with E-state index in [0.29, 0.717) is 12.2 Å². The van der Waals surface area contributed by atoms with Crippen molar-refractivity contribution in [1.82, 2.24) is 4.90 Å². The van der Waals surface area contributed by atoms with Crippen LogP contribution in [0, 0.1) is 0 Å². The molecular formula is C11H17N3O. The van der Waals surface area contributed by atoms with Crippen LogP contribution in [0.2, 0.25) is 0 Å². The second-order valence-corrected chi connectivity index (χ2v) is 3.88. The summed E-state index contributed by atoms with van der Waals surface area (Å²) in [7, 11) is 3.82. The van der Waals surface area contributed by atoms with Crippen LogP contribution in [0.1, 0.15) is 11.5 Å². The summed E-state index contributed by atoms with van der Waals surface area (Å²) in [6.07, 6.45) is 0. The molecule has 0 bridgehead atoms. The molecular weight excluding hydrogens is 190 g/mol. The summed E-state index contributed by atoms with van der Waals surface area (Å²) in [4.78, 5) is 13.2. The van der Waals surface area contributed by atoms with Gasteiger partial charge in [0.1, 0.15) is 0 Å². The zero-order valence-electron chi connectivity index (χ0n) is 9.10. The molecule has 0 aliphatic carbocycles. The van der Waals surface area contributed by atoms with Crippen LogP contribution in [0.3, 0.4) is 0 Å². The third kappa shape index (κ3) is 3.25. The SMILES string of the molecule is CN(C)CC(C(N)=O)c1ccc(N)cc1. The maximum absolute atomic E-state index is 11.3. The first kappa shape index (κ1) is 11.5. The Morgan fingerprint density at radius 1 is 1.33 bits per heavy atom. The Kier molecular flexibility index (Phi) is 3.68. The third-order valence-electron chi connectivity index (χ3n) is 2.23. The first-order chi connectivity index (χ1) is 7.00. The van der Waals surface area contributed by atoms with Gasteiger partial charge < -0.3 is 16.4 Å². The lowest BCUT2D eigenvalue weighted by Crippen LogP contribution is -2.30. The van der Waals surface area contributed by atoms with Crippen molar-refractivity contribution in [3.8, 4) is 0 Å². The van der Waals surface area contributed by atoms with Gasteiger partial charge in [0.25, 0.3) is 0 Å². The van der Waals surface area contributed by atoms with Crippen molar-refractivity contribution in [2.45, 2.75) is 5.92 Å². The van der Waals surface area contributed by atoms with Crippen LogP contribution in [-0.2, 0) is 4.79 Å². The number of amides is 1. The van der Waals surface area contributed by atoms with Gasteiger partial charge in [-0.25, -0.2) is 0 Å². The predicted molar refractivity (Wildman–Crippen MR) is 61.3 cm³/mol. The van der Waals surface area contributed by atoms with Crippen molar-refractivity contribution in [2.24, 2.45) is 5.73 Å². The summed E-state index contributed by atoms with van der Waals surface area (Å²) in [5.74, 6) is -0.589. The predicted octanol–water partition coefficient (Wildman–Crippen LogP) is 0.399. The molecule has 1 amide bonds. The number of rotatable bonds is 4. The highest BCUT2D eigenvalue weighted by Gasteiger charge is 2.18. The Bertz CT molecular complexity index is 332. The normalized spacial score (nSPS) is 12.7. The topological polar surface area (TPSA) is 72.3 Å². The molecule has 0 aromatic heterocycles. The number of nitrogens with two attached hydrogens (primary N) is 2. The summed E-state index contributed by atoms with van der Waals surface area (Å²) >= 11 is 0.